The van der Waals surface area contributed by atoms with Crippen LogP contribution in [0.1, 0.15) is 18.7 Å². The van der Waals surface area contributed by atoms with Crippen LogP contribution >= 0.6 is 0 Å². The van der Waals surface area contributed by atoms with Gasteiger partial charge in [-0.3, -0.25) is 0 Å². The number of imidazole rings is 1. The van der Waals surface area contributed by atoms with Gasteiger partial charge in [-0.05, 0) is 37.8 Å². The molecule has 2 heterocycles. The Labute approximate surface area is 142 Å². The molecule has 128 valence electrons. The quantitative estimate of drug-likeness (QED) is 0.938. The maximum atomic E-state index is 12.4. The highest BCUT2D eigenvalue weighted by Crippen LogP contribution is 2.21. The number of rotatable bonds is 4. The normalized spacial score (nSPS) is 15.3. The first kappa shape index (κ1) is 16.4. The second-order valence-electron chi connectivity index (χ2n) is 6.22. The summed E-state index contributed by atoms with van der Waals surface area (Å²) in [5, 5.41) is 2.95. The zero-order valence-corrected chi connectivity index (χ0v) is 14.2. The molecule has 1 N–H and O–H groups in total. The van der Waals surface area contributed by atoms with Crippen LogP contribution in [0.2, 0.25) is 0 Å². The van der Waals surface area contributed by atoms with Gasteiger partial charge in [0, 0.05) is 43.8 Å². The molecule has 0 radical (unpaired) electrons. The molecular weight excluding hydrogens is 304 g/mol. The molecule has 3 rings (SSSR count). The van der Waals surface area contributed by atoms with Crippen LogP contribution in [0.25, 0.3) is 0 Å². The number of benzene rings is 1. The van der Waals surface area contributed by atoms with Gasteiger partial charge < -0.3 is 19.5 Å². The highest BCUT2D eigenvalue weighted by atomic mass is 16.5. The largest absolute Gasteiger partial charge is 0.497 e. The number of aryl methyl sites for hydroxylation is 1. The molecule has 1 aromatic carbocycles. The number of nitrogens with zero attached hydrogens (tertiary/aromatic N) is 3. The van der Waals surface area contributed by atoms with Crippen molar-refractivity contribution < 1.29 is 9.53 Å². The van der Waals surface area contributed by atoms with Crippen LogP contribution in [-0.2, 0) is 6.54 Å². The van der Waals surface area contributed by atoms with Crippen LogP contribution in [-0.4, -0.2) is 40.7 Å². The van der Waals surface area contributed by atoms with Crippen molar-refractivity contribution >= 4 is 11.7 Å². The van der Waals surface area contributed by atoms with Gasteiger partial charge in [0.2, 0.25) is 0 Å². The first-order valence-corrected chi connectivity index (χ1v) is 8.33. The third-order valence-electron chi connectivity index (χ3n) is 4.60. The third kappa shape index (κ3) is 3.88. The van der Waals surface area contributed by atoms with E-state index in [1.807, 2.05) is 48.5 Å². The molecule has 24 heavy (non-hydrogen) atoms. The highest BCUT2D eigenvalue weighted by molar-refractivity contribution is 5.89. The molecule has 0 aliphatic carbocycles. The zero-order chi connectivity index (χ0) is 16.9. The summed E-state index contributed by atoms with van der Waals surface area (Å²) in [6.07, 6.45) is 5.90. The van der Waals surface area contributed by atoms with Crippen molar-refractivity contribution in [1.29, 1.82) is 0 Å². The Morgan fingerprint density at radius 2 is 2.17 bits per heavy atom. The second kappa shape index (κ2) is 7.38. The van der Waals surface area contributed by atoms with E-state index in [1.165, 1.54) is 0 Å². The Kier molecular flexibility index (Phi) is 5.03. The molecule has 6 heteroatoms. The second-order valence-corrected chi connectivity index (χ2v) is 6.22. The van der Waals surface area contributed by atoms with E-state index in [9.17, 15) is 4.79 Å². The standard InChI is InChI=1S/C18H24N4O2/c1-14-19-8-11-22(14)13-15-6-9-21(10-7-15)18(23)20-16-4-3-5-17(12-16)24-2/h3-5,8,11-12,15H,6-7,9-10,13H2,1-2H3,(H,20,23). The molecule has 0 saturated carbocycles. The summed E-state index contributed by atoms with van der Waals surface area (Å²) in [6.45, 7) is 4.58. The van der Waals surface area contributed by atoms with Gasteiger partial charge in [0.05, 0.1) is 7.11 Å². The van der Waals surface area contributed by atoms with E-state index < -0.39 is 0 Å². The fraction of sp³-hybridized carbons (Fsp3) is 0.444. The average Bonchev–Trinajstić information content (AvgIpc) is 3.00. The molecule has 1 fully saturated rings. The zero-order valence-electron chi connectivity index (χ0n) is 14.2. The van der Waals surface area contributed by atoms with E-state index in [2.05, 4.69) is 14.9 Å². The highest BCUT2D eigenvalue weighted by Gasteiger charge is 2.23. The molecule has 1 aliphatic heterocycles. The van der Waals surface area contributed by atoms with Gasteiger partial charge in [0.15, 0.2) is 0 Å². The van der Waals surface area contributed by atoms with Gasteiger partial charge in [-0.15, -0.1) is 0 Å². The van der Waals surface area contributed by atoms with Gasteiger partial charge in [-0.25, -0.2) is 9.78 Å². The van der Waals surface area contributed by atoms with E-state index in [0.717, 1.165) is 49.7 Å². The summed E-state index contributed by atoms with van der Waals surface area (Å²) < 4.78 is 7.37. The van der Waals surface area contributed by atoms with Crippen LogP contribution < -0.4 is 10.1 Å². The number of carbonyl (C=O) groups excluding carboxylic acids is 1. The molecule has 0 atom stereocenters. The Balaban J connectivity index is 1.50. The molecule has 1 aromatic heterocycles. The Hall–Kier alpha value is -2.50. The van der Waals surface area contributed by atoms with Gasteiger partial charge >= 0.3 is 6.03 Å². The molecule has 6 nitrogen and oxygen atoms in total. The van der Waals surface area contributed by atoms with Gasteiger partial charge in [-0.1, -0.05) is 6.07 Å². The number of hydrogen-bond donors (Lipinski definition) is 1. The average molecular weight is 328 g/mol. The minimum Gasteiger partial charge on any atom is -0.497 e. The third-order valence-corrected chi connectivity index (χ3v) is 4.60. The molecule has 1 aliphatic rings. The minimum absolute atomic E-state index is 0.0412. The van der Waals surface area contributed by atoms with Gasteiger partial charge in [0.25, 0.3) is 0 Å². The van der Waals surface area contributed by atoms with Crippen molar-refractivity contribution in [1.82, 2.24) is 14.5 Å². The number of amides is 2. The first-order chi connectivity index (χ1) is 11.7. The van der Waals surface area contributed by atoms with E-state index in [4.69, 9.17) is 4.74 Å². The van der Waals surface area contributed by atoms with Gasteiger partial charge in [-0.2, -0.15) is 0 Å². The molecule has 2 aromatic rings. The van der Waals surface area contributed by atoms with Crippen molar-refractivity contribution in [2.75, 3.05) is 25.5 Å². The molecule has 0 spiro atoms. The lowest BCUT2D eigenvalue weighted by molar-refractivity contribution is 0.176. The molecular formula is C18H24N4O2. The predicted molar refractivity (Wildman–Crippen MR) is 93.3 cm³/mol. The van der Waals surface area contributed by atoms with Crippen LogP contribution in [0.4, 0.5) is 10.5 Å². The number of ether oxygens (including phenoxy) is 1. The predicted octanol–water partition coefficient (Wildman–Crippen LogP) is 3.14. The van der Waals surface area contributed by atoms with Crippen LogP contribution in [0.5, 0.6) is 5.75 Å². The smallest absolute Gasteiger partial charge is 0.321 e. The first-order valence-electron chi connectivity index (χ1n) is 8.33. The Bertz CT molecular complexity index is 690. The lowest BCUT2D eigenvalue weighted by atomic mass is 9.97. The van der Waals surface area contributed by atoms with Crippen molar-refractivity contribution in [3.05, 3.63) is 42.5 Å². The number of carbonyl (C=O) groups is 1. The summed E-state index contributed by atoms with van der Waals surface area (Å²) in [5.74, 6) is 2.38. The number of aromatic nitrogens is 2. The number of hydrogen-bond acceptors (Lipinski definition) is 3. The fourth-order valence-corrected chi connectivity index (χ4v) is 3.10. The number of piperidine rings is 1. The molecule has 2 amide bonds. The van der Waals surface area contributed by atoms with Crippen molar-refractivity contribution in [2.24, 2.45) is 5.92 Å². The number of likely N-dealkylation sites (tertiary alicyclic amines) is 1. The number of nitrogens with one attached hydrogen (secondary N) is 1. The lowest BCUT2D eigenvalue weighted by Crippen LogP contribution is -2.41. The van der Waals surface area contributed by atoms with Crippen LogP contribution in [0.3, 0.4) is 0 Å². The summed E-state index contributed by atoms with van der Waals surface area (Å²) in [5.41, 5.74) is 0.760. The molecule has 0 unspecified atom stereocenters. The molecule has 1 saturated heterocycles. The summed E-state index contributed by atoms with van der Waals surface area (Å²) in [4.78, 5) is 18.6. The van der Waals surface area contributed by atoms with Crippen molar-refractivity contribution in [3.8, 4) is 5.75 Å². The van der Waals surface area contributed by atoms with E-state index in [-0.39, 0.29) is 6.03 Å². The van der Waals surface area contributed by atoms with E-state index in [1.54, 1.807) is 7.11 Å². The monoisotopic (exact) mass is 328 g/mol. The number of methoxy groups -OCH3 is 1. The van der Waals surface area contributed by atoms with Gasteiger partial charge in [0.1, 0.15) is 11.6 Å². The summed E-state index contributed by atoms with van der Waals surface area (Å²) >= 11 is 0. The fourth-order valence-electron chi connectivity index (χ4n) is 3.10. The Morgan fingerprint density at radius 1 is 1.38 bits per heavy atom. The van der Waals surface area contributed by atoms with Crippen LogP contribution in [0.15, 0.2) is 36.7 Å². The Morgan fingerprint density at radius 3 is 2.83 bits per heavy atom. The van der Waals surface area contributed by atoms with E-state index in [0.29, 0.717) is 5.92 Å². The van der Waals surface area contributed by atoms with E-state index >= 15 is 0 Å². The topological polar surface area (TPSA) is 59.4 Å². The summed E-state index contributed by atoms with van der Waals surface area (Å²) in [7, 11) is 1.62. The summed E-state index contributed by atoms with van der Waals surface area (Å²) in [6, 6.07) is 7.38. The number of urea groups is 1. The number of anilines is 1. The minimum atomic E-state index is -0.0412. The van der Waals surface area contributed by atoms with Crippen molar-refractivity contribution in [3.63, 3.8) is 0 Å². The SMILES string of the molecule is COc1cccc(NC(=O)N2CCC(Cn3ccnc3C)CC2)c1. The van der Waals surface area contributed by atoms with Crippen LogP contribution in [0, 0.1) is 12.8 Å². The maximum absolute atomic E-state index is 12.4. The lowest BCUT2D eigenvalue weighted by Gasteiger charge is -2.32. The molecule has 0 bridgehead atoms. The maximum Gasteiger partial charge on any atom is 0.321 e. The van der Waals surface area contributed by atoms with Crippen molar-refractivity contribution in [2.45, 2.75) is 26.3 Å².